The summed E-state index contributed by atoms with van der Waals surface area (Å²) in [5.74, 6) is -1.14. The number of thiophene rings is 1. The fraction of sp³-hybridized carbons (Fsp3) is 0.273. The van der Waals surface area contributed by atoms with E-state index in [2.05, 4.69) is 11.9 Å². The van der Waals surface area contributed by atoms with Gasteiger partial charge in [-0.05, 0) is 13.0 Å². The third-order valence-electron chi connectivity index (χ3n) is 1.82. The van der Waals surface area contributed by atoms with Crippen LogP contribution in [-0.4, -0.2) is 30.1 Å². The van der Waals surface area contributed by atoms with Gasteiger partial charge in [0, 0.05) is 11.4 Å². The number of aryl methyl sites for hydroxylation is 1. The molecule has 1 heterocycles. The minimum absolute atomic E-state index is 0.110. The molecule has 92 valence electrons. The van der Waals surface area contributed by atoms with E-state index < -0.39 is 5.97 Å². The summed E-state index contributed by atoms with van der Waals surface area (Å²) in [6.45, 7) is 5.39. The van der Waals surface area contributed by atoms with E-state index in [-0.39, 0.29) is 23.1 Å². The van der Waals surface area contributed by atoms with Crippen LogP contribution in [0.3, 0.4) is 0 Å². The van der Waals surface area contributed by atoms with E-state index in [9.17, 15) is 9.59 Å². The second kappa shape index (κ2) is 6.05. The van der Waals surface area contributed by atoms with Gasteiger partial charge in [0.2, 0.25) is 0 Å². The van der Waals surface area contributed by atoms with E-state index in [1.54, 1.807) is 19.1 Å². The number of amides is 1. The van der Waals surface area contributed by atoms with E-state index in [0.29, 0.717) is 6.54 Å². The lowest BCUT2D eigenvalue weighted by molar-refractivity contribution is -0.122. The van der Waals surface area contributed by atoms with E-state index in [1.165, 1.54) is 0 Å². The number of nitrogens with one attached hydrogen (secondary N) is 1. The van der Waals surface area contributed by atoms with Crippen molar-refractivity contribution in [3.05, 3.63) is 28.5 Å². The normalized spacial score (nSPS) is 9.71. The molecule has 0 aliphatic rings. The van der Waals surface area contributed by atoms with E-state index in [1.807, 2.05) is 0 Å². The van der Waals surface area contributed by atoms with Gasteiger partial charge in [0.15, 0.2) is 11.5 Å². The molecule has 0 saturated heterocycles. The zero-order chi connectivity index (χ0) is 12.8. The molecule has 0 aliphatic heterocycles. The van der Waals surface area contributed by atoms with Crippen LogP contribution in [0.25, 0.3) is 0 Å². The first-order valence-corrected chi connectivity index (χ1v) is 5.70. The summed E-state index contributed by atoms with van der Waals surface area (Å²) >= 11 is 1.12. The summed E-state index contributed by atoms with van der Waals surface area (Å²) in [6, 6.07) is 1.61. The van der Waals surface area contributed by atoms with Gasteiger partial charge in [-0.1, -0.05) is 6.08 Å². The SMILES string of the molecule is C=CCNC(=O)COc1cc(C)sc1C(=O)O. The number of rotatable bonds is 6. The van der Waals surface area contributed by atoms with Crippen LogP contribution >= 0.6 is 11.3 Å². The lowest BCUT2D eigenvalue weighted by Crippen LogP contribution is -2.28. The molecule has 0 aliphatic carbocycles. The standard InChI is InChI=1S/C11H13NO4S/c1-3-4-12-9(13)6-16-8-5-7(2)17-10(8)11(14)15/h3,5H,1,4,6H2,2H3,(H,12,13)(H,14,15). The van der Waals surface area contributed by atoms with Gasteiger partial charge >= 0.3 is 5.97 Å². The Hall–Kier alpha value is -1.82. The largest absolute Gasteiger partial charge is 0.482 e. The number of carboxylic acid groups (broad SMARTS) is 1. The average molecular weight is 255 g/mol. The van der Waals surface area contributed by atoms with Crippen LogP contribution in [-0.2, 0) is 4.79 Å². The lowest BCUT2D eigenvalue weighted by atomic mass is 10.4. The molecule has 2 N–H and O–H groups in total. The van der Waals surface area contributed by atoms with Crippen LogP contribution in [0.15, 0.2) is 18.7 Å². The second-order valence-electron chi connectivity index (χ2n) is 3.24. The summed E-state index contributed by atoms with van der Waals surface area (Å²) < 4.78 is 5.16. The second-order valence-corrected chi connectivity index (χ2v) is 4.49. The molecule has 0 spiro atoms. The van der Waals surface area contributed by atoms with E-state index in [4.69, 9.17) is 9.84 Å². The minimum Gasteiger partial charge on any atom is -0.482 e. The van der Waals surface area contributed by atoms with Crippen molar-refractivity contribution in [3.8, 4) is 5.75 Å². The Bertz CT molecular complexity index is 439. The van der Waals surface area contributed by atoms with Gasteiger partial charge in [-0.3, -0.25) is 4.79 Å². The molecule has 0 saturated carbocycles. The zero-order valence-corrected chi connectivity index (χ0v) is 10.2. The number of hydrogen-bond donors (Lipinski definition) is 2. The van der Waals surface area contributed by atoms with Gasteiger partial charge in [-0.15, -0.1) is 17.9 Å². The average Bonchev–Trinajstić information content (AvgIpc) is 2.65. The first-order chi connectivity index (χ1) is 8.04. The van der Waals surface area contributed by atoms with Crippen molar-refractivity contribution in [1.82, 2.24) is 5.32 Å². The highest BCUT2D eigenvalue weighted by Crippen LogP contribution is 2.28. The van der Waals surface area contributed by atoms with Gasteiger partial charge in [-0.2, -0.15) is 0 Å². The highest BCUT2D eigenvalue weighted by molar-refractivity contribution is 7.14. The van der Waals surface area contributed by atoms with Gasteiger partial charge in [0.1, 0.15) is 5.75 Å². The molecule has 1 rings (SSSR count). The Kier molecular flexibility index (Phi) is 4.71. The third kappa shape index (κ3) is 3.92. The number of carbonyl (C=O) groups excluding carboxylic acids is 1. The fourth-order valence-electron chi connectivity index (χ4n) is 1.13. The Morgan fingerprint density at radius 1 is 1.65 bits per heavy atom. The smallest absolute Gasteiger partial charge is 0.349 e. The van der Waals surface area contributed by atoms with Crippen molar-refractivity contribution in [3.63, 3.8) is 0 Å². The molecule has 0 bridgehead atoms. The number of aromatic carboxylic acids is 1. The predicted molar refractivity (Wildman–Crippen MR) is 64.7 cm³/mol. The first-order valence-electron chi connectivity index (χ1n) is 4.88. The number of ether oxygens (including phenoxy) is 1. The van der Waals surface area contributed by atoms with Crippen LogP contribution in [0, 0.1) is 6.92 Å². The maximum absolute atomic E-state index is 11.2. The zero-order valence-electron chi connectivity index (χ0n) is 9.36. The highest BCUT2D eigenvalue weighted by atomic mass is 32.1. The third-order valence-corrected chi connectivity index (χ3v) is 2.84. The summed E-state index contributed by atoms with van der Waals surface area (Å²) in [6.07, 6.45) is 1.55. The predicted octanol–water partition coefficient (Wildman–Crippen LogP) is 1.44. The summed E-state index contributed by atoms with van der Waals surface area (Å²) in [7, 11) is 0. The summed E-state index contributed by atoms with van der Waals surface area (Å²) in [5, 5.41) is 11.4. The van der Waals surface area contributed by atoms with Crippen molar-refractivity contribution < 1.29 is 19.4 Å². The molecule has 1 amide bonds. The lowest BCUT2D eigenvalue weighted by Gasteiger charge is -2.05. The maximum atomic E-state index is 11.2. The number of carboxylic acids is 1. The van der Waals surface area contributed by atoms with Crippen molar-refractivity contribution in [2.24, 2.45) is 0 Å². The van der Waals surface area contributed by atoms with Crippen LogP contribution in [0.4, 0.5) is 0 Å². The molecule has 0 radical (unpaired) electrons. The van der Waals surface area contributed by atoms with Crippen molar-refractivity contribution in [2.75, 3.05) is 13.2 Å². The van der Waals surface area contributed by atoms with Crippen LogP contribution in [0.5, 0.6) is 5.75 Å². The minimum atomic E-state index is -1.05. The van der Waals surface area contributed by atoms with Crippen LogP contribution in [0.2, 0.25) is 0 Å². The summed E-state index contributed by atoms with van der Waals surface area (Å²) in [4.78, 5) is 23.0. The maximum Gasteiger partial charge on any atom is 0.349 e. The van der Waals surface area contributed by atoms with Crippen molar-refractivity contribution >= 4 is 23.2 Å². The molecule has 6 heteroatoms. The molecule has 0 aromatic carbocycles. The van der Waals surface area contributed by atoms with Crippen LogP contribution < -0.4 is 10.1 Å². The van der Waals surface area contributed by atoms with Gasteiger partial charge < -0.3 is 15.2 Å². The Labute approximate surface area is 103 Å². The summed E-state index contributed by atoms with van der Waals surface area (Å²) in [5.41, 5.74) is 0. The molecule has 0 unspecified atom stereocenters. The monoisotopic (exact) mass is 255 g/mol. The molecule has 1 aromatic rings. The van der Waals surface area contributed by atoms with Gasteiger partial charge in [0.05, 0.1) is 0 Å². The quantitative estimate of drug-likeness (QED) is 0.754. The molecule has 5 nitrogen and oxygen atoms in total. The topological polar surface area (TPSA) is 75.6 Å². The van der Waals surface area contributed by atoms with Crippen LogP contribution in [0.1, 0.15) is 14.5 Å². The molecule has 17 heavy (non-hydrogen) atoms. The Morgan fingerprint density at radius 2 is 2.35 bits per heavy atom. The first kappa shape index (κ1) is 13.2. The van der Waals surface area contributed by atoms with Crippen molar-refractivity contribution in [1.29, 1.82) is 0 Å². The molecular formula is C11H13NO4S. The number of carbonyl (C=O) groups is 2. The molecule has 0 atom stereocenters. The van der Waals surface area contributed by atoms with Crippen molar-refractivity contribution in [2.45, 2.75) is 6.92 Å². The van der Waals surface area contributed by atoms with Gasteiger partial charge in [-0.25, -0.2) is 4.79 Å². The Balaban J connectivity index is 2.59. The molecule has 1 aromatic heterocycles. The highest BCUT2D eigenvalue weighted by Gasteiger charge is 2.16. The Morgan fingerprint density at radius 3 is 2.94 bits per heavy atom. The molecular weight excluding hydrogens is 242 g/mol. The fourth-order valence-corrected chi connectivity index (χ4v) is 1.92. The molecule has 0 fully saturated rings. The van der Waals surface area contributed by atoms with E-state index >= 15 is 0 Å². The van der Waals surface area contributed by atoms with Gasteiger partial charge in [0.25, 0.3) is 5.91 Å². The van der Waals surface area contributed by atoms with E-state index in [0.717, 1.165) is 16.2 Å². The number of hydrogen-bond acceptors (Lipinski definition) is 4.